The van der Waals surface area contributed by atoms with Gasteiger partial charge in [0.2, 0.25) is 0 Å². The molecule has 4 rings (SSSR count). The van der Waals surface area contributed by atoms with Gasteiger partial charge in [-0.1, -0.05) is 30.3 Å². The molecule has 1 aromatic rings. The van der Waals surface area contributed by atoms with Crippen LogP contribution in [0.5, 0.6) is 0 Å². The van der Waals surface area contributed by atoms with Crippen molar-refractivity contribution >= 4 is 29.9 Å². The van der Waals surface area contributed by atoms with Gasteiger partial charge in [-0.25, -0.2) is 0 Å². The van der Waals surface area contributed by atoms with Gasteiger partial charge in [0.25, 0.3) is 0 Å². The number of rotatable bonds is 6. The lowest BCUT2D eigenvalue weighted by Crippen LogP contribution is -2.47. The van der Waals surface area contributed by atoms with E-state index in [1.165, 1.54) is 18.4 Å². The molecule has 1 aromatic carbocycles. The summed E-state index contributed by atoms with van der Waals surface area (Å²) in [4.78, 5) is 12.6. The van der Waals surface area contributed by atoms with Crippen molar-refractivity contribution in [3.63, 3.8) is 0 Å². The van der Waals surface area contributed by atoms with Crippen LogP contribution >= 0.6 is 24.0 Å². The molecule has 6 nitrogen and oxygen atoms in total. The maximum absolute atomic E-state index is 5.69. The molecular formula is C24H40IN5O. The van der Waals surface area contributed by atoms with E-state index in [4.69, 9.17) is 9.73 Å². The van der Waals surface area contributed by atoms with Crippen molar-refractivity contribution in [2.75, 3.05) is 72.6 Å². The van der Waals surface area contributed by atoms with Gasteiger partial charge in [-0.2, -0.15) is 0 Å². The highest BCUT2D eigenvalue weighted by Gasteiger charge is 2.42. The summed E-state index contributed by atoms with van der Waals surface area (Å²) in [6.45, 7) is 12.5. The Hall–Kier alpha value is -0.900. The van der Waals surface area contributed by atoms with Crippen LogP contribution in [0.1, 0.15) is 37.8 Å². The molecular weight excluding hydrogens is 501 g/mol. The molecule has 0 amide bonds. The Morgan fingerprint density at radius 2 is 2.03 bits per heavy atom. The molecule has 0 radical (unpaired) electrons. The second kappa shape index (κ2) is 11.8. The summed E-state index contributed by atoms with van der Waals surface area (Å²) in [5.74, 6) is 1.10. The lowest BCUT2D eigenvalue weighted by molar-refractivity contribution is 0.0894. The molecule has 1 N–H and O–H groups in total. The summed E-state index contributed by atoms with van der Waals surface area (Å²) >= 11 is 0. The number of likely N-dealkylation sites (N-methyl/N-ethyl adjacent to an activating group) is 1. The van der Waals surface area contributed by atoms with Gasteiger partial charge in [0.1, 0.15) is 0 Å². The Bertz CT molecular complexity index is 694. The lowest BCUT2D eigenvalue weighted by atomic mass is 9.87. The zero-order chi connectivity index (χ0) is 20.8. The highest BCUT2D eigenvalue weighted by atomic mass is 127. The maximum atomic E-state index is 5.69. The summed E-state index contributed by atoms with van der Waals surface area (Å²) in [5.41, 5.74) is 1.81. The maximum Gasteiger partial charge on any atom is 0.193 e. The van der Waals surface area contributed by atoms with Crippen molar-refractivity contribution in [3.05, 3.63) is 35.9 Å². The van der Waals surface area contributed by atoms with E-state index in [2.05, 4.69) is 64.3 Å². The minimum Gasteiger partial charge on any atom is -0.381 e. The molecule has 174 valence electrons. The number of nitrogens with one attached hydrogen (secondary N) is 1. The zero-order valence-electron chi connectivity index (χ0n) is 19.3. The first-order chi connectivity index (χ1) is 14.7. The first-order valence-electron chi connectivity index (χ1n) is 11.8. The van der Waals surface area contributed by atoms with Gasteiger partial charge in [0, 0.05) is 70.4 Å². The molecule has 2 atom stereocenters. The summed E-state index contributed by atoms with van der Waals surface area (Å²) in [6, 6.07) is 11.5. The fraction of sp³-hybridized carbons (Fsp3) is 0.708. The number of aliphatic imine (C=N–C) groups is 1. The molecule has 2 unspecified atom stereocenters. The van der Waals surface area contributed by atoms with Crippen LogP contribution in [0.3, 0.4) is 0 Å². The van der Waals surface area contributed by atoms with Gasteiger partial charge in [0.15, 0.2) is 5.96 Å². The second-order valence-corrected chi connectivity index (χ2v) is 9.29. The standard InChI is InChI=1S/C24H39N5O.HI/c1-3-25-23(29-14-10-24(19-29)11-17-30-20-24)26-12-7-13-28-16-15-27(2)18-22(28)21-8-5-4-6-9-21;/h4-6,8-9,22H,3,7,10-20H2,1-2H3,(H,25,26);1H. The Kier molecular flexibility index (Phi) is 9.43. The topological polar surface area (TPSA) is 43.3 Å². The highest BCUT2D eigenvalue weighted by molar-refractivity contribution is 14.0. The first-order valence-corrected chi connectivity index (χ1v) is 11.8. The van der Waals surface area contributed by atoms with E-state index in [0.717, 1.165) is 78.0 Å². The van der Waals surface area contributed by atoms with Crippen molar-refractivity contribution in [2.24, 2.45) is 10.4 Å². The van der Waals surface area contributed by atoms with Crippen molar-refractivity contribution in [1.82, 2.24) is 20.0 Å². The van der Waals surface area contributed by atoms with E-state index in [1.807, 2.05) is 0 Å². The van der Waals surface area contributed by atoms with Gasteiger partial charge < -0.3 is 19.9 Å². The number of likely N-dealkylation sites (tertiary alicyclic amines) is 1. The van der Waals surface area contributed by atoms with Crippen LogP contribution in [0, 0.1) is 5.41 Å². The summed E-state index contributed by atoms with van der Waals surface area (Å²) < 4.78 is 5.69. The third kappa shape index (κ3) is 6.33. The number of guanidine groups is 1. The minimum atomic E-state index is 0. The Balaban J connectivity index is 0.00000272. The second-order valence-electron chi connectivity index (χ2n) is 9.29. The number of nitrogens with zero attached hydrogens (tertiary/aromatic N) is 4. The van der Waals surface area contributed by atoms with E-state index >= 15 is 0 Å². The highest BCUT2D eigenvalue weighted by Crippen LogP contribution is 2.38. The number of benzene rings is 1. The van der Waals surface area contributed by atoms with Crippen LogP contribution in [-0.4, -0.2) is 93.3 Å². The van der Waals surface area contributed by atoms with E-state index in [9.17, 15) is 0 Å². The van der Waals surface area contributed by atoms with Gasteiger partial charge in [-0.15, -0.1) is 24.0 Å². The smallest absolute Gasteiger partial charge is 0.193 e. The number of halogens is 1. The lowest BCUT2D eigenvalue weighted by Gasteiger charge is -2.40. The van der Waals surface area contributed by atoms with Crippen LogP contribution in [-0.2, 0) is 4.74 Å². The first kappa shape index (κ1) is 24.7. The molecule has 3 aliphatic heterocycles. The number of ether oxygens (including phenoxy) is 1. The molecule has 3 aliphatic rings. The van der Waals surface area contributed by atoms with Crippen molar-refractivity contribution in [3.8, 4) is 0 Å². The minimum absolute atomic E-state index is 0. The van der Waals surface area contributed by atoms with Gasteiger partial charge in [0.05, 0.1) is 6.61 Å². The summed E-state index contributed by atoms with van der Waals surface area (Å²) in [6.07, 6.45) is 3.54. The number of hydrogen-bond acceptors (Lipinski definition) is 4. The predicted molar refractivity (Wildman–Crippen MR) is 138 cm³/mol. The predicted octanol–water partition coefficient (Wildman–Crippen LogP) is 3.06. The van der Waals surface area contributed by atoms with E-state index < -0.39 is 0 Å². The fourth-order valence-corrected chi connectivity index (χ4v) is 5.19. The molecule has 0 aliphatic carbocycles. The Morgan fingerprint density at radius 3 is 2.77 bits per heavy atom. The quantitative estimate of drug-likeness (QED) is 0.260. The van der Waals surface area contributed by atoms with Crippen molar-refractivity contribution < 1.29 is 4.74 Å². The van der Waals surface area contributed by atoms with Crippen molar-refractivity contribution in [1.29, 1.82) is 0 Å². The van der Waals surface area contributed by atoms with E-state index in [1.54, 1.807) is 0 Å². The van der Waals surface area contributed by atoms with E-state index in [-0.39, 0.29) is 24.0 Å². The van der Waals surface area contributed by atoms with Crippen LogP contribution in [0.4, 0.5) is 0 Å². The molecule has 7 heteroatoms. The average Bonchev–Trinajstić information content (AvgIpc) is 3.41. The van der Waals surface area contributed by atoms with Crippen molar-refractivity contribution in [2.45, 2.75) is 32.2 Å². The molecule has 0 aromatic heterocycles. The van der Waals surface area contributed by atoms with Crippen LogP contribution in [0.2, 0.25) is 0 Å². The van der Waals surface area contributed by atoms with Crippen LogP contribution in [0.15, 0.2) is 35.3 Å². The fourth-order valence-electron chi connectivity index (χ4n) is 5.19. The molecule has 0 bridgehead atoms. The molecule has 1 spiro atoms. The molecule has 31 heavy (non-hydrogen) atoms. The summed E-state index contributed by atoms with van der Waals surface area (Å²) in [5, 5.41) is 3.52. The zero-order valence-corrected chi connectivity index (χ0v) is 21.6. The van der Waals surface area contributed by atoms with Gasteiger partial charge in [-0.05, 0) is 38.8 Å². The molecule has 3 heterocycles. The average molecular weight is 542 g/mol. The van der Waals surface area contributed by atoms with Crippen LogP contribution in [0.25, 0.3) is 0 Å². The molecule has 0 saturated carbocycles. The van der Waals surface area contributed by atoms with E-state index in [0.29, 0.717) is 11.5 Å². The largest absolute Gasteiger partial charge is 0.381 e. The third-order valence-corrected chi connectivity index (χ3v) is 7.00. The third-order valence-electron chi connectivity index (χ3n) is 7.00. The molecule has 3 saturated heterocycles. The number of hydrogen-bond donors (Lipinski definition) is 1. The normalized spacial score (nSPS) is 27.6. The Labute approximate surface area is 205 Å². The van der Waals surface area contributed by atoms with Gasteiger partial charge >= 0.3 is 0 Å². The van der Waals surface area contributed by atoms with Crippen LogP contribution < -0.4 is 5.32 Å². The molecule has 3 fully saturated rings. The summed E-state index contributed by atoms with van der Waals surface area (Å²) in [7, 11) is 2.23. The van der Waals surface area contributed by atoms with Gasteiger partial charge in [-0.3, -0.25) is 9.89 Å². The number of piperazine rings is 1. The SMILES string of the molecule is CCNC(=NCCCN1CCN(C)CC1c1ccccc1)N1CCC2(CCOC2)C1.I. The monoisotopic (exact) mass is 541 g/mol. The Morgan fingerprint density at radius 1 is 1.19 bits per heavy atom.